The minimum atomic E-state index is -0.509. The molecule has 0 aromatic carbocycles. The second-order valence-corrected chi connectivity index (χ2v) is 3.34. The molecule has 1 aromatic heterocycles. The molecule has 1 unspecified atom stereocenters. The van der Waals surface area contributed by atoms with Crippen LogP contribution in [0.5, 0.6) is 0 Å². The summed E-state index contributed by atoms with van der Waals surface area (Å²) in [5, 5.41) is 3.85. The van der Waals surface area contributed by atoms with Crippen LogP contribution in [-0.4, -0.2) is 16.7 Å². The van der Waals surface area contributed by atoms with E-state index < -0.39 is 5.60 Å². The Kier molecular flexibility index (Phi) is 4.19. The van der Waals surface area contributed by atoms with Crippen molar-refractivity contribution < 1.29 is 14.1 Å². The second kappa shape index (κ2) is 5.20. The van der Waals surface area contributed by atoms with Crippen LogP contribution in [0.2, 0.25) is 0 Å². The smallest absolute Gasteiger partial charge is 0.254 e. The molecule has 1 heterocycles. The number of hydrogen-bond acceptors (Lipinski definition) is 6. The molecule has 2 N–H and O–H groups in total. The van der Waals surface area contributed by atoms with Crippen molar-refractivity contribution in [2.24, 2.45) is 5.90 Å². The molecule has 6 nitrogen and oxygen atoms in total. The van der Waals surface area contributed by atoms with Gasteiger partial charge in [-0.15, -0.1) is 0 Å². The molecule has 0 bridgehead atoms. The highest BCUT2D eigenvalue weighted by Crippen LogP contribution is 2.26. The maximum Gasteiger partial charge on any atom is 0.254 e. The van der Waals surface area contributed by atoms with Crippen LogP contribution in [0.1, 0.15) is 38.9 Å². The highest BCUT2D eigenvalue weighted by atomic mass is 16.6. The maximum atomic E-state index is 5.60. The van der Waals surface area contributed by atoms with Gasteiger partial charge in [0.1, 0.15) is 12.2 Å². The Bertz CT molecular complexity index is 303. The van der Waals surface area contributed by atoms with Crippen molar-refractivity contribution >= 4 is 0 Å². The zero-order valence-corrected chi connectivity index (χ0v) is 9.32. The van der Waals surface area contributed by atoms with E-state index in [-0.39, 0.29) is 6.61 Å². The molecule has 0 aliphatic rings. The van der Waals surface area contributed by atoms with Gasteiger partial charge in [0.05, 0.1) is 0 Å². The molecule has 6 heteroatoms. The fraction of sp³-hybridized carbons (Fsp3) is 0.778. The molecule has 0 amide bonds. The van der Waals surface area contributed by atoms with Crippen molar-refractivity contribution in [1.82, 2.24) is 10.1 Å². The van der Waals surface area contributed by atoms with Gasteiger partial charge in [0.25, 0.3) is 5.89 Å². The van der Waals surface area contributed by atoms with Gasteiger partial charge in [-0.3, -0.25) is 4.84 Å². The van der Waals surface area contributed by atoms with Gasteiger partial charge in [0, 0.05) is 6.61 Å². The molecule has 86 valence electrons. The van der Waals surface area contributed by atoms with Gasteiger partial charge in [0.2, 0.25) is 5.82 Å². The molecule has 0 fully saturated rings. The predicted molar refractivity (Wildman–Crippen MR) is 52.5 cm³/mol. The molecule has 1 aromatic rings. The summed E-state index contributed by atoms with van der Waals surface area (Å²) in [5.74, 6) is 5.79. The first-order valence-corrected chi connectivity index (χ1v) is 4.95. The third kappa shape index (κ3) is 2.74. The van der Waals surface area contributed by atoms with Gasteiger partial charge >= 0.3 is 0 Å². The summed E-state index contributed by atoms with van der Waals surface area (Å²) in [6, 6.07) is 0. The molecule has 0 spiro atoms. The topological polar surface area (TPSA) is 83.4 Å². The van der Waals surface area contributed by atoms with E-state index in [1.165, 1.54) is 0 Å². The molecule has 0 saturated carbocycles. The Morgan fingerprint density at radius 3 is 2.73 bits per heavy atom. The van der Waals surface area contributed by atoms with E-state index in [1.807, 2.05) is 20.8 Å². The SMILES string of the molecule is CCOC(C)(CC)c1noc(CON)n1. The van der Waals surface area contributed by atoms with E-state index in [0.29, 0.717) is 18.3 Å². The fourth-order valence-electron chi connectivity index (χ4n) is 1.24. The normalized spacial score (nSPS) is 15.2. The molecule has 1 rings (SSSR count). The van der Waals surface area contributed by atoms with Crippen LogP contribution in [0.15, 0.2) is 4.52 Å². The lowest BCUT2D eigenvalue weighted by molar-refractivity contribution is -0.0403. The molecule has 15 heavy (non-hydrogen) atoms. The number of rotatable bonds is 6. The average Bonchev–Trinajstić information content (AvgIpc) is 2.68. The number of aromatic nitrogens is 2. The standard InChI is InChI=1S/C9H17N3O3/c1-4-9(3,13-5-2)8-11-7(6-14-10)15-12-8/h4-6,10H2,1-3H3. The van der Waals surface area contributed by atoms with Crippen LogP contribution >= 0.6 is 0 Å². The van der Waals surface area contributed by atoms with E-state index >= 15 is 0 Å². The average molecular weight is 215 g/mol. The van der Waals surface area contributed by atoms with Crippen molar-refractivity contribution in [1.29, 1.82) is 0 Å². The molecule has 0 radical (unpaired) electrons. The summed E-state index contributed by atoms with van der Waals surface area (Å²) >= 11 is 0. The zero-order chi connectivity index (χ0) is 11.3. The predicted octanol–water partition coefficient (Wildman–Crippen LogP) is 1.12. The quantitative estimate of drug-likeness (QED) is 0.716. The number of nitrogens with zero attached hydrogens (tertiary/aromatic N) is 2. The van der Waals surface area contributed by atoms with E-state index in [9.17, 15) is 0 Å². The maximum absolute atomic E-state index is 5.60. The Hall–Kier alpha value is -0.980. The van der Waals surface area contributed by atoms with E-state index in [2.05, 4.69) is 15.0 Å². The summed E-state index contributed by atoms with van der Waals surface area (Å²) in [7, 11) is 0. The third-order valence-corrected chi connectivity index (χ3v) is 2.29. The van der Waals surface area contributed by atoms with Crippen molar-refractivity contribution in [2.75, 3.05) is 6.61 Å². The molecular formula is C9H17N3O3. The van der Waals surface area contributed by atoms with Gasteiger partial charge in [-0.1, -0.05) is 12.1 Å². The van der Waals surface area contributed by atoms with Crippen molar-refractivity contribution in [3.8, 4) is 0 Å². The summed E-state index contributed by atoms with van der Waals surface area (Å²) in [6.07, 6.45) is 0.767. The first-order valence-electron chi connectivity index (χ1n) is 4.95. The Morgan fingerprint density at radius 1 is 1.47 bits per heavy atom. The van der Waals surface area contributed by atoms with E-state index in [4.69, 9.17) is 15.2 Å². The largest absolute Gasteiger partial charge is 0.367 e. The van der Waals surface area contributed by atoms with Crippen LogP contribution in [0.25, 0.3) is 0 Å². The number of hydrogen-bond donors (Lipinski definition) is 1. The zero-order valence-electron chi connectivity index (χ0n) is 9.32. The first kappa shape index (κ1) is 12.1. The van der Waals surface area contributed by atoms with E-state index in [1.54, 1.807) is 0 Å². The van der Waals surface area contributed by atoms with Gasteiger partial charge in [-0.25, -0.2) is 5.90 Å². The minimum absolute atomic E-state index is 0.110. The molecule has 0 aliphatic carbocycles. The van der Waals surface area contributed by atoms with Crippen LogP contribution in [0, 0.1) is 0 Å². The number of ether oxygens (including phenoxy) is 1. The van der Waals surface area contributed by atoms with Crippen LogP contribution in [0.3, 0.4) is 0 Å². The number of nitrogens with two attached hydrogens (primary N) is 1. The van der Waals surface area contributed by atoms with Crippen molar-refractivity contribution in [2.45, 2.75) is 39.4 Å². The molecule has 0 saturated heterocycles. The van der Waals surface area contributed by atoms with Gasteiger partial charge in [-0.2, -0.15) is 4.98 Å². The van der Waals surface area contributed by atoms with Crippen molar-refractivity contribution in [3.63, 3.8) is 0 Å². The highest BCUT2D eigenvalue weighted by molar-refractivity contribution is 4.98. The van der Waals surface area contributed by atoms with Gasteiger partial charge in [0.15, 0.2) is 0 Å². The fourth-order valence-corrected chi connectivity index (χ4v) is 1.24. The first-order chi connectivity index (χ1) is 7.16. The Labute approximate surface area is 88.7 Å². The second-order valence-electron chi connectivity index (χ2n) is 3.34. The molecule has 1 atom stereocenters. The lowest BCUT2D eigenvalue weighted by Gasteiger charge is -2.23. The lowest BCUT2D eigenvalue weighted by atomic mass is 10.0. The lowest BCUT2D eigenvalue weighted by Crippen LogP contribution is -2.26. The minimum Gasteiger partial charge on any atom is -0.367 e. The summed E-state index contributed by atoms with van der Waals surface area (Å²) < 4.78 is 10.6. The molecule has 0 aliphatic heterocycles. The van der Waals surface area contributed by atoms with Crippen molar-refractivity contribution in [3.05, 3.63) is 11.7 Å². The third-order valence-electron chi connectivity index (χ3n) is 2.29. The van der Waals surface area contributed by atoms with E-state index in [0.717, 1.165) is 6.42 Å². The monoisotopic (exact) mass is 215 g/mol. The van der Waals surface area contributed by atoms with Crippen LogP contribution in [0.4, 0.5) is 0 Å². The molecular weight excluding hydrogens is 198 g/mol. The Morgan fingerprint density at radius 2 is 2.20 bits per heavy atom. The van der Waals surface area contributed by atoms with Gasteiger partial charge in [-0.05, 0) is 20.3 Å². The van der Waals surface area contributed by atoms with Gasteiger partial charge < -0.3 is 9.26 Å². The Balaban J connectivity index is 2.82. The van der Waals surface area contributed by atoms with Crippen LogP contribution < -0.4 is 5.90 Å². The summed E-state index contributed by atoms with van der Waals surface area (Å²) in [4.78, 5) is 8.56. The highest BCUT2D eigenvalue weighted by Gasteiger charge is 2.30. The summed E-state index contributed by atoms with van der Waals surface area (Å²) in [6.45, 7) is 6.57. The summed E-state index contributed by atoms with van der Waals surface area (Å²) in [5.41, 5.74) is -0.509. The van der Waals surface area contributed by atoms with Crippen LogP contribution in [-0.2, 0) is 21.8 Å².